The summed E-state index contributed by atoms with van der Waals surface area (Å²) in [4.78, 5) is 14.8. The predicted molar refractivity (Wildman–Crippen MR) is 101 cm³/mol. The van der Waals surface area contributed by atoms with Gasteiger partial charge in [-0.1, -0.05) is 17.3 Å². The Labute approximate surface area is 163 Å². The van der Waals surface area contributed by atoms with E-state index in [2.05, 4.69) is 20.2 Å². The third-order valence-corrected chi connectivity index (χ3v) is 6.42. The molecule has 3 rings (SSSR count). The second-order valence-corrected chi connectivity index (χ2v) is 8.86. The van der Waals surface area contributed by atoms with Gasteiger partial charge in [-0.15, -0.1) is 0 Å². The molecule has 1 saturated carbocycles. The van der Waals surface area contributed by atoms with E-state index in [0.717, 1.165) is 25.7 Å². The van der Waals surface area contributed by atoms with Crippen LogP contribution in [0.3, 0.4) is 0 Å². The van der Waals surface area contributed by atoms with Crippen LogP contribution in [0.25, 0.3) is 11.4 Å². The van der Waals surface area contributed by atoms with E-state index < -0.39 is 16.1 Å². The van der Waals surface area contributed by atoms with Crippen molar-refractivity contribution in [3.8, 4) is 11.4 Å². The summed E-state index contributed by atoms with van der Waals surface area (Å²) >= 11 is 0. The van der Waals surface area contributed by atoms with Gasteiger partial charge in [-0.25, -0.2) is 17.9 Å². The van der Waals surface area contributed by atoms with Gasteiger partial charge in [-0.2, -0.15) is 4.98 Å². The Hall–Kier alpha value is -2.46. The highest BCUT2D eigenvalue weighted by Gasteiger charge is 2.24. The normalized spacial score (nSPS) is 20.0. The molecule has 1 aliphatic carbocycles. The largest absolute Gasteiger partial charge is 0.465 e. The first kappa shape index (κ1) is 20.3. The molecule has 9 nitrogen and oxygen atoms in total. The van der Waals surface area contributed by atoms with E-state index in [-0.39, 0.29) is 10.8 Å². The maximum atomic E-state index is 12.7. The number of nitrogens with zero attached hydrogens (tertiary/aromatic N) is 2. The first-order valence-electron chi connectivity index (χ1n) is 9.20. The van der Waals surface area contributed by atoms with Gasteiger partial charge in [-0.3, -0.25) is 0 Å². The monoisotopic (exact) mass is 408 g/mol. The van der Waals surface area contributed by atoms with Crippen LogP contribution < -0.4 is 10.0 Å². The van der Waals surface area contributed by atoms with Gasteiger partial charge >= 0.3 is 6.09 Å². The molecule has 0 atom stereocenters. The van der Waals surface area contributed by atoms with E-state index >= 15 is 0 Å². The zero-order chi connectivity index (χ0) is 20.1. The van der Waals surface area contributed by atoms with Crippen LogP contribution in [0.1, 0.15) is 31.6 Å². The van der Waals surface area contributed by atoms with Gasteiger partial charge in [0.05, 0.1) is 4.90 Å². The molecule has 0 spiro atoms. The van der Waals surface area contributed by atoms with Crippen molar-refractivity contribution < 1.29 is 22.8 Å². The maximum Gasteiger partial charge on any atom is 0.404 e. The van der Waals surface area contributed by atoms with Gasteiger partial charge in [0.2, 0.25) is 21.7 Å². The molecule has 0 saturated heterocycles. The van der Waals surface area contributed by atoms with Gasteiger partial charge < -0.3 is 14.9 Å². The van der Waals surface area contributed by atoms with Crippen molar-refractivity contribution >= 4 is 16.1 Å². The molecular formula is C18H24N4O5S. The van der Waals surface area contributed by atoms with Crippen LogP contribution in [0.15, 0.2) is 33.7 Å². The Bertz CT molecular complexity index is 920. The maximum absolute atomic E-state index is 12.7. The minimum atomic E-state index is -3.64. The lowest BCUT2D eigenvalue weighted by molar-refractivity contribution is 0.188. The number of sulfonamides is 1. The molecule has 1 aromatic carbocycles. The van der Waals surface area contributed by atoms with E-state index in [0.29, 0.717) is 36.3 Å². The van der Waals surface area contributed by atoms with Gasteiger partial charge in [0.15, 0.2) is 0 Å². The molecule has 0 bridgehead atoms. The number of aryl methyl sites for hydroxylation is 1. The lowest BCUT2D eigenvalue weighted by Crippen LogP contribution is -2.34. The standard InChI is InChI=1S/C18H24N4O5S/c1-12-21-17(22-27-12)15-3-2-4-16(9-15)28(25,26)20-11-14-7-5-13(6-8-14)10-19-18(23)24/h2-4,9,13-14,19-20H,5-8,10-11H2,1H3,(H,23,24)/t13-,14-. The van der Waals surface area contributed by atoms with E-state index in [1.165, 1.54) is 12.1 Å². The van der Waals surface area contributed by atoms with Crippen LogP contribution in [0.2, 0.25) is 0 Å². The second-order valence-electron chi connectivity index (χ2n) is 7.09. The predicted octanol–water partition coefficient (Wildman–Crippen LogP) is 2.40. The van der Waals surface area contributed by atoms with E-state index in [1.807, 2.05) is 0 Å². The molecule has 3 N–H and O–H groups in total. The van der Waals surface area contributed by atoms with E-state index in [4.69, 9.17) is 9.63 Å². The summed E-state index contributed by atoms with van der Waals surface area (Å²) in [6, 6.07) is 6.44. The van der Waals surface area contributed by atoms with Crippen molar-refractivity contribution in [1.82, 2.24) is 20.2 Å². The zero-order valence-electron chi connectivity index (χ0n) is 15.6. The molecule has 0 unspecified atom stereocenters. The summed E-state index contributed by atoms with van der Waals surface area (Å²) in [5.41, 5.74) is 0.575. The van der Waals surface area contributed by atoms with Crippen molar-refractivity contribution in [2.45, 2.75) is 37.5 Å². The van der Waals surface area contributed by atoms with Gasteiger partial charge in [0.25, 0.3) is 0 Å². The average molecular weight is 408 g/mol. The first-order chi connectivity index (χ1) is 13.3. The van der Waals surface area contributed by atoms with E-state index in [1.54, 1.807) is 19.1 Å². The van der Waals surface area contributed by atoms with Crippen molar-refractivity contribution in [2.75, 3.05) is 13.1 Å². The molecule has 1 heterocycles. The Morgan fingerprint density at radius 3 is 2.50 bits per heavy atom. The lowest BCUT2D eigenvalue weighted by Gasteiger charge is -2.28. The quantitative estimate of drug-likeness (QED) is 0.640. The summed E-state index contributed by atoms with van der Waals surface area (Å²) in [6.45, 7) is 2.49. The molecule has 152 valence electrons. The topological polar surface area (TPSA) is 134 Å². The highest BCUT2D eigenvalue weighted by molar-refractivity contribution is 7.89. The number of hydrogen-bond acceptors (Lipinski definition) is 6. The average Bonchev–Trinajstić information content (AvgIpc) is 3.12. The Kier molecular flexibility index (Phi) is 6.30. The lowest BCUT2D eigenvalue weighted by atomic mass is 9.82. The number of rotatable bonds is 7. The van der Waals surface area contributed by atoms with Crippen molar-refractivity contribution in [3.63, 3.8) is 0 Å². The van der Waals surface area contributed by atoms with Crippen LogP contribution in [-0.2, 0) is 10.0 Å². The van der Waals surface area contributed by atoms with Gasteiger partial charge in [0.1, 0.15) is 0 Å². The molecule has 2 aromatic rings. The number of hydrogen-bond donors (Lipinski definition) is 3. The molecule has 10 heteroatoms. The fourth-order valence-corrected chi connectivity index (χ4v) is 4.56. The summed E-state index contributed by atoms with van der Waals surface area (Å²) in [6.07, 6.45) is 2.51. The van der Waals surface area contributed by atoms with Gasteiger partial charge in [-0.05, 0) is 49.7 Å². The number of benzene rings is 1. The minimum absolute atomic E-state index is 0.159. The highest BCUT2D eigenvalue weighted by atomic mass is 32.2. The minimum Gasteiger partial charge on any atom is -0.465 e. The van der Waals surface area contributed by atoms with Crippen LogP contribution >= 0.6 is 0 Å². The van der Waals surface area contributed by atoms with Crippen molar-refractivity contribution in [3.05, 3.63) is 30.2 Å². The van der Waals surface area contributed by atoms with Gasteiger partial charge in [0, 0.05) is 25.6 Å². The number of aromatic nitrogens is 2. The van der Waals surface area contributed by atoms with E-state index in [9.17, 15) is 13.2 Å². The third-order valence-electron chi connectivity index (χ3n) is 5.00. The molecule has 1 aromatic heterocycles. The smallest absolute Gasteiger partial charge is 0.404 e. The summed E-state index contributed by atoms with van der Waals surface area (Å²) in [7, 11) is -3.64. The zero-order valence-corrected chi connectivity index (χ0v) is 16.4. The molecule has 1 aliphatic rings. The van der Waals surface area contributed by atoms with Crippen LogP contribution in [0.4, 0.5) is 4.79 Å². The number of carbonyl (C=O) groups is 1. The Balaban J connectivity index is 1.56. The molecule has 1 amide bonds. The third kappa shape index (κ3) is 5.29. The van der Waals surface area contributed by atoms with Crippen molar-refractivity contribution in [2.24, 2.45) is 11.8 Å². The summed E-state index contributed by atoms with van der Waals surface area (Å²) in [5.74, 6) is 1.33. The SMILES string of the molecule is Cc1nc(-c2cccc(S(=O)(=O)NC[C@H]3CC[C@H](CNC(=O)O)CC3)c2)no1. The van der Waals surface area contributed by atoms with Crippen LogP contribution in [0, 0.1) is 18.8 Å². The van der Waals surface area contributed by atoms with Crippen LogP contribution in [-0.4, -0.2) is 42.8 Å². The highest BCUT2D eigenvalue weighted by Crippen LogP contribution is 2.28. The van der Waals surface area contributed by atoms with Crippen molar-refractivity contribution in [1.29, 1.82) is 0 Å². The number of nitrogens with one attached hydrogen (secondary N) is 2. The molecule has 0 aliphatic heterocycles. The second kappa shape index (κ2) is 8.70. The summed E-state index contributed by atoms with van der Waals surface area (Å²) < 4.78 is 32.9. The fraction of sp³-hybridized carbons (Fsp3) is 0.500. The number of carboxylic acid groups (broad SMARTS) is 1. The molecule has 28 heavy (non-hydrogen) atoms. The molecule has 0 radical (unpaired) electrons. The fourth-order valence-electron chi connectivity index (χ4n) is 3.40. The Morgan fingerprint density at radius 2 is 1.89 bits per heavy atom. The Morgan fingerprint density at radius 1 is 1.21 bits per heavy atom. The molecular weight excluding hydrogens is 384 g/mol. The summed E-state index contributed by atoms with van der Waals surface area (Å²) in [5, 5.41) is 14.9. The first-order valence-corrected chi connectivity index (χ1v) is 10.7. The number of amides is 1. The molecule has 1 fully saturated rings. The van der Waals surface area contributed by atoms with Crippen LogP contribution in [0.5, 0.6) is 0 Å².